The van der Waals surface area contributed by atoms with E-state index in [0.717, 1.165) is 24.5 Å². The zero-order valence-corrected chi connectivity index (χ0v) is 14.4. The van der Waals surface area contributed by atoms with Crippen molar-refractivity contribution in [1.82, 2.24) is 10.3 Å². The van der Waals surface area contributed by atoms with Gasteiger partial charge in [-0.25, -0.2) is 4.98 Å². The van der Waals surface area contributed by atoms with Crippen molar-refractivity contribution in [2.75, 3.05) is 18.0 Å². The number of benzene rings is 1. The normalized spacial score (nSPS) is 15.0. The van der Waals surface area contributed by atoms with Gasteiger partial charge in [0.25, 0.3) is 5.91 Å². The zero-order chi connectivity index (χ0) is 16.8. The van der Waals surface area contributed by atoms with Crippen molar-refractivity contribution >= 4 is 23.3 Å². The van der Waals surface area contributed by atoms with Crippen LogP contribution in [0, 0.1) is 0 Å². The van der Waals surface area contributed by atoms with E-state index in [4.69, 9.17) is 11.6 Å². The maximum absolute atomic E-state index is 12.4. The van der Waals surface area contributed by atoms with E-state index in [9.17, 15) is 4.79 Å². The highest BCUT2D eigenvalue weighted by Crippen LogP contribution is 2.18. The summed E-state index contributed by atoms with van der Waals surface area (Å²) < 4.78 is 0. The van der Waals surface area contributed by atoms with Gasteiger partial charge in [0.05, 0.1) is 0 Å². The Balaban J connectivity index is 1.66. The minimum atomic E-state index is -0.174. The molecule has 126 valence electrons. The molecule has 0 bridgehead atoms. The smallest absolute Gasteiger partial charge is 0.270 e. The van der Waals surface area contributed by atoms with Crippen LogP contribution in [-0.2, 0) is 6.54 Å². The maximum Gasteiger partial charge on any atom is 0.270 e. The predicted molar refractivity (Wildman–Crippen MR) is 97.5 cm³/mol. The predicted octanol–water partition coefficient (Wildman–Crippen LogP) is 4.05. The number of carbonyl (C=O) groups is 1. The molecular formula is C19H22ClN3O. The standard InChI is InChI=1S/C19H22ClN3O/c20-16-9-4-3-8-15(16)14-21-19(24)17-10-7-11-18(22-17)23-12-5-1-2-6-13-23/h3-4,7-11H,1-2,5-6,12-14H2,(H,21,24). The quantitative estimate of drug-likeness (QED) is 0.911. The number of amides is 1. The lowest BCUT2D eigenvalue weighted by atomic mass is 10.2. The van der Waals surface area contributed by atoms with Gasteiger partial charge < -0.3 is 10.2 Å². The van der Waals surface area contributed by atoms with Crippen molar-refractivity contribution in [2.45, 2.75) is 32.2 Å². The van der Waals surface area contributed by atoms with Gasteiger partial charge in [0.15, 0.2) is 0 Å². The van der Waals surface area contributed by atoms with Crippen LogP contribution < -0.4 is 10.2 Å². The summed E-state index contributed by atoms with van der Waals surface area (Å²) >= 11 is 6.12. The number of nitrogens with one attached hydrogen (secondary N) is 1. The third-order valence-electron chi connectivity index (χ3n) is 4.29. The van der Waals surface area contributed by atoms with Crippen molar-refractivity contribution in [3.8, 4) is 0 Å². The minimum absolute atomic E-state index is 0.174. The van der Waals surface area contributed by atoms with E-state index in [1.54, 1.807) is 6.07 Å². The molecule has 2 aromatic rings. The number of halogens is 1. The van der Waals surface area contributed by atoms with Crippen LogP contribution in [0.25, 0.3) is 0 Å². The molecule has 1 saturated heterocycles. The van der Waals surface area contributed by atoms with E-state index in [0.29, 0.717) is 17.3 Å². The van der Waals surface area contributed by atoms with Gasteiger partial charge in [-0.3, -0.25) is 4.79 Å². The number of hydrogen-bond donors (Lipinski definition) is 1. The van der Waals surface area contributed by atoms with Crippen molar-refractivity contribution in [2.24, 2.45) is 0 Å². The Labute approximate surface area is 147 Å². The molecule has 1 aromatic carbocycles. The number of hydrogen-bond acceptors (Lipinski definition) is 3. The summed E-state index contributed by atoms with van der Waals surface area (Å²) in [5.41, 5.74) is 1.35. The molecule has 0 spiro atoms. The molecule has 0 aliphatic carbocycles. The number of rotatable bonds is 4. The van der Waals surface area contributed by atoms with E-state index < -0.39 is 0 Å². The molecule has 1 amide bonds. The molecule has 1 fully saturated rings. The fourth-order valence-corrected chi connectivity index (χ4v) is 3.14. The topological polar surface area (TPSA) is 45.2 Å². The molecule has 1 aromatic heterocycles. The van der Waals surface area contributed by atoms with Crippen LogP contribution >= 0.6 is 11.6 Å². The average Bonchev–Trinajstić information content (AvgIpc) is 2.90. The first kappa shape index (κ1) is 16.8. The SMILES string of the molecule is O=C(NCc1ccccc1Cl)c1cccc(N2CCCCCC2)n1. The van der Waals surface area contributed by atoms with Gasteiger partial charge in [-0.15, -0.1) is 0 Å². The highest BCUT2D eigenvalue weighted by molar-refractivity contribution is 6.31. The third-order valence-corrected chi connectivity index (χ3v) is 4.66. The summed E-state index contributed by atoms with van der Waals surface area (Å²) in [6.07, 6.45) is 4.91. The largest absolute Gasteiger partial charge is 0.357 e. The molecule has 0 saturated carbocycles. The summed E-state index contributed by atoms with van der Waals surface area (Å²) in [5, 5.41) is 3.55. The lowest BCUT2D eigenvalue weighted by Crippen LogP contribution is -2.27. The molecule has 5 heteroatoms. The minimum Gasteiger partial charge on any atom is -0.357 e. The molecule has 2 heterocycles. The van der Waals surface area contributed by atoms with Crippen LogP contribution in [0.15, 0.2) is 42.5 Å². The van der Waals surface area contributed by atoms with E-state index in [1.165, 1.54) is 25.7 Å². The van der Waals surface area contributed by atoms with E-state index in [1.807, 2.05) is 36.4 Å². The molecule has 1 N–H and O–H groups in total. The molecule has 0 unspecified atom stereocenters. The second kappa shape index (κ2) is 8.15. The molecule has 1 aliphatic rings. The number of aromatic nitrogens is 1. The monoisotopic (exact) mass is 343 g/mol. The molecular weight excluding hydrogens is 322 g/mol. The van der Waals surface area contributed by atoms with Gasteiger partial charge in [0.2, 0.25) is 0 Å². The van der Waals surface area contributed by atoms with Crippen LogP contribution in [0.3, 0.4) is 0 Å². The summed E-state index contributed by atoms with van der Waals surface area (Å²) in [6, 6.07) is 13.1. The Kier molecular flexibility index (Phi) is 5.70. The molecule has 4 nitrogen and oxygen atoms in total. The fraction of sp³-hybridized carbons (Fsp3) is 0.368. The fourth-order valence-electron chi connectivity index (χ4n) is 2.93. The Hall–Kier alpha value is -2.07. The Morgan fingerprint density at radius 3 is 2.54 bits per heavy atom. The van der Waals surface area contributed by atoms with Gasteiger partial charge >= 0.3 is 0 Å². The Morgan fingerprint density at radius 1 is 1.04 bits per heavy atom. The van der Waals surface area contributed by atoms with Gasteiger partial charge in [0.1, 0.15) is 11.5 Å². The highest BCUT2D eigenvalue weighted by atomic mass is 35.5. The van der Waals surface area contributed by atoms with Crippen molar-refractivity contribution in [3.63, 3.8) is 0 Å². The summed E-state index contributed by atoms with van der Waals surface area (Å²) in [5.74, 6) is 0.717. The van der Waals surface area contributed by atoms with Gasteiger partial charge in [-0.05, 0) is 36.6 Å². The zero-order valence-electron chi connectivity index (χ0n) is 13.7. The van der Waals surface area contributed by atoms with Gasteiger partial charge in [0, 0.05) is 24.7 Å². The number of pyridine rings is 1. The Bertz CT molecular complexity index is 697. The summed E-state index contributed by atoms with van der Waals surface area (Å²) in [6.45, 7) is 2.42. The molecule has 0 atom stereocenters. The summed E-state index contributed by atoms with van der Waals surface area (Å²) in [7, 11) is 0. The van der Waals surface area contributed by atoms with E-state index in [-0.39, 0.29) is 5.91 Å². The molecule has 1 aliphatic heterocycles. The van der Waals surface area contributed by atoms with Crippen LogP contribution in [0.2, 0.25) is 5.02 Å². The van der Waals surface area contributed by atoms with Crippen molar-refractivity contribution in [1.29, 1.82) is 0 Å². The highest BCUT2D eigenvalue weighted by Gasteiger charge is 2.14. The van der Waals surface area contributed by atoms with Crippen LogP contribution in [0.1, 0.15) is 41.7 Å². The lowest BCUT2D eigenvalue weighted by Gasteiger charge is -2.21. The third kappa shape index (κ3) is 4.26. The second-order valence-corrected chi connectivity index (χ2v) is 6.46. The van der Waals surface area contributed by atoms with Crippen molar-refractivity contribution in [3.05, 3.63) is 58.7 Å². The van der Waals surface area contributed by atoms with Crippen LogP contribution in [-0.4, -0.2) is 24.0 Å². The Morgan fingerprint density at radius 2 is 1.79 bits per heavy atom. The molecule has 0 radical (unpaired) electrons. The first-order valence-corrected chi connectivity index (χ1v) is 8.85. The lowest BCUT2D eigenvalue weighted by molar-refractivity contribution is 0.0946. The van der Waals surface area contributed by atoms with Gasteiger partial charge in [-0.1, -0.05) is 48.7 Å². The number of nitrogens with zero attached hydrogens (tertiary/aromatic N) is 2. The number of anilines is 1. The molecule has 3 rings (SSSR count). The first-order chi connectivity index (χ1) is 11.7. The van der Waals surface area contributed by atoms with Crippen molar-refractivity contribution < 1.29 is 4.79 Å². The van der Waals surface area contributed by atoms with E-state index >= 15 is 0 Å². The first-order valence-electron chi connectivity index (χ1n) is 8.47. The molecule has 24 heavy (non-hydrogen) atoms. The van der Waals surface area contributed by atoms with Crippen LogP contribution in [0.5, 0.6) is 0 Å². The van der Waals surface area contributed by atoms with E-state index in [2.05, 4.69) is 15.2 Å². The van der Waals surface area contributed by atoms with Crippen LogP contribution in [0.4, 0.5) is 5.82 Å². The number of carbonyl (C=O) groups excluding carboxylic acids is 1. The average molecular weight is 344 g/mol. The second-order valence-electron chi connectivity index (χ2n) is 6.06. The summed E-state index contributed by atoms with van der Waals surface area (Å²) in [4.78, 5) is 19.2. The maximum atomic E-state index is 12.4. The van der Waals surface area contributed by atoms with Gasteiger partial charge in [-0.2, -0.15) is 0 Å².